The van der Waals surface area contributed by atoms with Crippen LogP contribution >= 0.6 is 0 Å². The maximum Gasteiger partial charge on any atom is 0.152 e. The highest BCUT2D eigenvalue weighted by molar-refractivity contribution is 5.62. The summed E-state index contributed by atoms with van der Waals surface area (Å²) in [6.07, 6.45) is 1.11. The van der Waals surface area contributed by atoms with Crippen LogP contribution in [0.3, 0.4) is 0 Å². The Hall–Kier alpha value is -1.25. The van der Waals surface area contributed by atoms with E-state index in [9.17, 15) is 0 Å². The van der Waals surface area contributed by atoms with Gasteiger partial charge in [-0.3, -0.25) is 0 Å². The van der Waals surface area contributed by atoms with Crippen LogP contribution < -0.4 is 10.6 Å². The molecule has 0 spiro atoms. The maximum absolute atomic E-state index is 5.89. The fourth-order valence-electron chi connectivity index (χ4n) is 1.49. The lowest BCUT2D eigenvalue weighted by Crippen LogP contribution is -2.25. The summed E-state index contributed by atoms with van der Waals surface area (Å²) in [5, 5.41) is 0. The third-order valence-corrected chi connectivity index (χ3v) is 2.22. The standard InChI is InChI=1S/C11H19N3/c1-4-8-14(5-2)11-10(12)7-6-9(3)13-11/h6-7H,4-5,8,12H2,1-3H3. The Balaban J connectivity index is 2.96. The van der Waals surface area contributed by atoms with Crippen LogP contribution in [-0.2, 0) is 0 Å². The quantitative estimate of drug-likeness (QED) is 0.797. The van der Waals surface area contributed by atoms with Crippen LogP contribution in [-0.4, -0.2) is 18.1 Å². The molecule has 1 aromatic rings. The number of pyridine rings is 1. The smallest absolute Gasteiger partial charge is 0.152 e. The zero-order chi connectivity index (χ0) is 10.6. The summed E-state index contributed by atoms with van der Waals surface area (Å²) in [7, 11) is 0. The van der Waals surface area contributed by atoms with E-state index in [-0.39, 0.29) is 0 Å². The molecule has 1 aromatic heterocycles. The van der Waals surface area contributed by atoms with E-state index in [2.05, 4.69) is 23.7 Å². The Morgan fingerprint density at radius 3 is 2.64 bits per heavy atom. The first-order valence-corrected chi connectivity index (χ1v) is 5.17. The fourth-order valence-corrected chi connectivity index (χ4v) is 1.49. The third kappa shape index (κ3) is 2.37. The lowest BCUT2D eigenvalue weighted by Gasteiger charge is -2.22. The second-order valence-electron chi connectivity index (χ2n) is 3.45. The zero-order valence-corrected chi connectivity index (χ0v) is 9.25. The fraction of sp³-hybridized carbons (Fsp3) is 0.545. The summed E-state index contributed by atoms with van der Waals surface area (Å²) in [5.41, 5.74) is 7.68. The molecule has 0 unspecified atom stereocenters. The van der Waals surface area contributed by atoms with Gasteiger partial charge in [0.1, 0.15) is 0 Å². The maximum atomic E-state index is 5.89. The molecule has 3 heteroatoms. The molecule has 0 fully saturated rings. The van der Waals surface area contributed by atoms with Gasteiger partial charge in [-0.05, 0) is 32.4 Å². The highest BCUT2D eigenvalue weighted by Gasteiger charge is 2.08. The van der Waals surface area contributed by atoms with Gasteiger partial charge >= 0.3 is 0 Å². The Morgan fingerprint density at radius 1 is 1.36 bits per heavy atom. The van der Waals surface area contributed by atoms with Gasteiger partial charge in [-0.25, -0.2) is 4.98 Å². The number of nitrogens with zero attached hydrogens (tertiary/aromatic N) is 2. The first-order valence-electron chi connectivity index (χ1n) is 5.17. The van der Waals surface area contributed by atoms with Crippen LogP contribution in [0.15, 0.2) is 12.1 Å². The van der Waals surface area contributed by atoms with E-state index in [1.54, 1.807) is 0 Å². The molecule has 0 aliphatic rings. The van der Waals surface area contributed by atoms with Crippen LogP contribution in [0.1, 0.15) is 26.0 Å². The Labute approximate surface area is 85.9 Å². The Morgan fingerprint density at radius 2 is 2.07 bits per heavy atom. The van der Waals surface area contributed by atoms with E-state index >= 15 is 0 Å². The van der Waals surface area contributed by atoms with E-state index in [0.29, 0.717) is 0 Å². The average molecular weight is 193 g/mol. The number of rotatable bonds is 4. The van der Waals surface area contributed by atoms with E-state index in [0.717, 1.165) is 36.7 Å². The minimum Gasteiger partial charge on any atom is -0.396 e. The molecule has 0 saturated carbocycles. The Kier molecular flexibility index (Phi) is 3.74. The number of anilines is 2. The van der Waals surface area contributed by atoms with Crippen LogP contribution in [0.4, 0.5) is 11.5 Å². The average Bonchev–Trinajstić information content (AvgIpc) is 2.18. The van der Waals surface area contributed by atoms with Gasteiger partial charge < -0.3 is 10.6 Å². The monoisotopic (exact) mass is 193 g/mol. The van der Waals surface area contributed by atoms with Crippen molar-refractivity contribution in [3.8, 4) is 0 Å². The van der Waals surface area contributed by atoms with Crippen molar-refractivity contribution in [2.75, 3.05) is 23.7 Å². The van der Waals surface area contributed by atoms with E-state index in [1.807, 2.05) is 19.1 Å². The van der Waals surface area contributed by atoms with Gasteiger partial charge in [0.25, 0.3) is 0 Å². The number of hydrogen-bond donors (Lipinski definition) is 1. The third-order valence-electron chi connectivity index (χ3n) is 2.22. The van der Waals surface area contributed by atoms with Crippen LogP contribution in [0.5, 0.6) is 0 Å². The predicted molar refractivity (Wildman–Crippen MR) is 61.6 cm³/mol. The van der Waals surface area contributed by atoms with Gasteiger partial charge in [-0.2, -0.15) is 0 Å². The highest BCUT2D eigenvalue weighted by atomic mass is 15.2. The predicted octanol–water partition coefficient (Wildman–Crippen LogP) is 2.21. The Bertz CT molecular complexity index is 297. The van der Waals surface area contributed by atoms with Gasteiger partial charge in [0, 0.05) is 18.8 Å². The largest absolute Gasteiger partial charge is 0.396 e. The van der Waals surface area contributed by atoms with Gasteiger partial charge in [0.05, 0.1) is 5.69 Å². The normalized spacial score (nSPS) is 10.2. The number of aryl methyl sites for hydroxylation is 1. The molecule has 1 rings (SSSR count). The minimum atomic E-state index is 0.769. The molecule has 14 heavy (non-hydrogen) atoms. The molecule has 0 bridgehead atoms. The lowest BCUT2D eigenvalue weighted by molar-refractivity contribution is 0.778. The first-order chi connectivity index (χ1) is 6.69. The highest BCUT2D eigenvalue weighted by Crippen LogP contribution is 2.20. The molecular formula is C11H19N3. The molecule has 78 valence electrons. The number of nitrogen functional groups attached to an aromatic ring is 1. The summed E-state index contributed by atoms with van der Waals surface area (Å²) >= 11 is 0. The summed E-state index contributed by atoms with van der Waals surface area (Å²) < 4.78 is 0. The van der Waals surface area contributed by atoms with E-state index in [1.165, 1.54) is 0 Å². The minimum absolute atomic E-state index is 0.769. The SMILES string of the molecule is CCCN(CC)c1nc(C)ccc1N. The first kappa shape index (κ1) is 10.8. The topological polar surface area (TPSA) is 42.2 Å². The van der Waals surface area contributed by atoms with Crippen molar-refractivity contribution in [2.45, 2.75) is 27.2 Å². The number of aromatic nitrogens is 1. The summed E-state index contributed by atoms with van der Waals surface area (Å²) in [5.74, 6) is 0.925. The molecule has 3 nitrogen and oxygen atoms in total. The van der Waals surface area contributed by atoms with Crippen molar-refractivity contribution in [3.05, 3.63) is 17.8 Å². The molecule has 0 aromatic carbocycles. The van der Waals surface area contributed by atoms with Crippen molar-refractivity contribution in [3.63, 3.8) is 0 Å². The second kappa shape index (κ2) is 4.84. The molecule has 1 heterocycles. The summed E-state index contributed by atoms with van der Waals surface area (Å²) in [4.78, 5) is 6.67. The van der Waals surface area contributed by atoms with Crippen LogP contribution in [0, 0.1) is 6.92 Å². The van der Waals surface area contributed by atoms with Gasteiger partial charge in [0.15, 0.2) is 5.82 Å². The molecule has 0 aliphatic heterocycles. The molecule has 0 saturated heterocycles. The molecule has 0 aliphatic carbocycles. The van der Waals surface area contributed by atoms with Gasteiger partial charge in [-0.15, -0.1) is 0 Å². The van der Waals surface area contributed by atoms with Crippen molar-refractivity contribution in [1.82, 2.24) is 4.98 Å². The number of nitrogens with two attached hydrogens (primary N) is 1. The van der Waals surface area contributed by atoms with Crippen molar-refractivity contribution < 1.29 is 0 Å². The molecule has 2 N–H and O–H groups in total. The van der Waals surface area contributed by atoms with Gasteiger partial charge in [-0.1, -0.05) is 6.92 Å². The number of hydrogen-bond acceptors (Lipinski definition) is 3. The van der Waals surface area contributed by atoms with E-state index in [4.69, 9.17) is 5.73 Å². The molecule has 0 atom stereocenters. The van der Waals surface area contributed by atoms with Crippen molar-refractivity contribution in [1.29, 1.82) is 0 Å². The van der Waals surface area contributed by atoms with Crippen LogP contribution in [0.25, 0.3) is 0 Å². The lowest BCUT2D eigenvalue weighted by atomic mass is 10.3. The zero-order valence-electron chi connectivity index (χ0n) is 9.25. The molecule has 0 radical (unpaired) electrons. The van der Waals surface area contributed by atoms with Crippen molar-refractivity contribution >= 4 is 11.5 Å². The second-order valence-corrected chi connectivity index (χ2v) is 3.45. The summed E-state index contributed by atoms with van der Waals surface area (Å²) in [6, 6.07) is 3.87. The van der Waals surface area contributed by atoms with E-state index < -0.39 is 0 Å². The molecule has 0 amide bonds. The van der Waals surface area contributed by atoms with Crippen molar-refractivity contribution in [2.24, 2.45) is 0 Å². The van der Waals surface area contributed by atoms with Crippen LogP contribution in [0.2, 0.25) is 0 Å². The summed E-state index contributed by atoms with van der Waals surface area (Å²) in [6.45, 7) is 8.24. The van der Waals surface area contributed by atoms with Gasteiger partial charge in [0.2, 0.25) is 0 Å². The molecular weight excluding hydrogens is 174 g/mol.